The molecule has 0 spiro atoms. The number of hydrogen-bond donors (Lipinski definition) is 2. The molecule has 0 saturated carbocycles. The molecule has 3 aromatic rings. The van der Waals surface area contributed by atoms with E-state index in [9.17, 15) is 9.90 Å². The maximum Gasteiger partial charge on any atom is 0.238 e. The summed E-state index contributed by atoms with van der Waals surface area (Å²) in [6.07, 6.45) is 0.850. The number of anilines is 1. The van der Waals surface area contributed by atoms with Gasteiger partial charge in [0, 0.05) is 24.2 Å². The SMILES string of the molecule is O=C(CN(CCO)CCc1ccccc1)Nc1cccc2ccccc12. The molecule has 0 atom stereocenters. The summed E-state index contributed by atoms with van der Waals surface area (Å²) in [7, 11) is 0. The monoisotopic (exact) mass is 348 g/mol. The second-order valence-corrected chi connectivity index (χ2v) is 6.31. The largest absolute Gasteiger partial charge is 0.395 e. The van der Waals surface area contributed by atoms with E-state index in [-0.39, 0.29) is 19.1 Å². The van der Waals surface area contributed by atoms with Crippen molar-refractivity contribution in [1.29, 1.82) is 0 Å². The summed E-state index contributed by atoms with van der Waals surface area (Å²) in [5.41, 5.74) is 2.05. The molecular formula is C22H24N2O2. The summed E-state index contributed by atoms with van der Waals surface area (Å²) in [6.45, 7) is 1.51. The van der Waals surface area contributed by atoms with Crippen LogP contribution in [0.2, 0.25) is 0 Å². The Kier molecular flexibility index (Phi) is 6.36. The van der Waals surface area contributed by atoms with E-state index in [0.717, 1.165) is 29.4 Å². The van der Waals surface area contributed by atoms with Crippen LogP contribution in [-0.2, 0) is 11.2 Å². The van der Waals surface area contributed by atoms with Gasteiger partial charge in [-0.3, -0.25) is 9.69 Å². The van der Waals surface area contributed by atoms with Crippen molar-refractivity contribution in [2.45, 2.75) is 6.42 Å². The van der Waals surface area contributed by atoms with Gasteiger partial charge in [0.05, 0.1) is 13.2 Å². The van der Waals surface area contributed by atoms with Gasteiger partial charge in [0.15, 0.2) is 0 Å². The summed E-state index contributed by atoms with van der Waals surface area (Å²) in [6, 6.07) is 24.1. The molecule has 2 N–H and O–H groups in total. The molecule has 3 aromatic carbocycles. The molecule has 0 bridgehead atoms. The number of nitrogens with one attached hydrogen (secondary N) is 1. The van der Waals surface area contributed by atoms with Crippen molar-refractivity contribution >= 4 is 22.4 Å². The Morgan fingerprint density at radius 2 is 1.62 bits per heavy atom. The molecule has 0 heterocycles. The van der Waals surface area contributed by atoms with Gasteiger partial charge in [0.1, 0.15) is 0 Å². The van der Waals surface area contributed by atoms with Crippen LogP contribution in [0.1, 0.15) is 5.56 Å². The third-order valence-corrected chi connectivity index (χ3v) is 4.41. The van der Waals surface area contributed by atoms with E-state index in [4.69, 9.17) is 0 Å². The first-order valence-corrected chi connectivity index (χ1v) is 8.91. The first kappa shape index (κ1) is 18.1. The van der Waals surface area contributed by atoms with E-state index < -0.39 is 0 Å². The van der Waals surface area contributed by atoms with Gasteiger partial charge in [-0.2, -0.15) is 0 Å². The molecule has 4 heteroatoms. The summed E-state index contributed by atoms with van der Waals surface area (Å²) in [5.74, 6) is -0.0668. The molecule has 26 heavy (non-hydrogen) atoms. The zero-order chi connectivity index (χ0) is 18.2. The number of nitrogens with zero attached hydrogens (tertiary/aromatic N) is 1. The van der Waals surface area contributed by atoms with Crippen molar-refractivity contribution in [2.24, 2.45) is 0 Å². The maximum absolute atomic E-state index is 12.5. The van der Waals surface area contributed by atoms with E-state index in [1.165, 1.54) is 5.56 Å². The van der Waals surface area contributed by atoms with E-state index in [1.807, 2.05) is 65.6 Å². The molecule has 0 saturated heterocycles. The first-order valence-electron chi connectivity index (χ1n) is 8.91. The third-order valence-electron chi connectivity index (χ3n) is 4.41. The summed E-state index contributed by atoms with van der Waals surface area (Å²) in [5, 5.41) is 14.4. The van der Waals surface area contributed by atoms with Gasteiger partial charge in [0.2, 0.25) is 5.91 Å². The molecular weight excluding hydrogens is 324 g/mol. The molecule has 0 aliphatic rings. The Morgan fingerprint density at radius 3 is 2.42 bits per heavy atom. The molecule has 4 nitrogen and oxygen atoms in total. The number of rotatable bonds is 8. The van der Waals surface area contributed by atoms with Crippen LogP contribution in [0.4, 0.5) is 5.69 Å². The lowest BCUT2D eigenvalue weighted by Gasteiger charge is -2.21. The van der Waals surface area contributed by atoms with Crippen molar-refractivity contribution < 1.29 is 9.90 Å². The van der Waals surface area contributed by atoms with Crippen LogP contribution in [-0.4, -0.2) is 42.2 Å². The van der Waals surface area contributed by atoms with Crippen LogP contribution in [0.5, 0.6) is 0 Å². The Morgan fingerprint density at radius 1 is 0.885 bits per heavy atom. The van der Waals surface area contributed by atoms with Gasteiger partial charge in [-0.25, -0.2) is 0 Å². The second-order valence-electron chi connectivity index (χ2n) is 6.31. The number of benzene rings is 3. The van der Waals surface area contributed by atoms with Crippen LogP contribution >= 0.6 is 0 Å². The number of fused-ring (bicyclic) bond motifs is 1. The molecule has 0 fully saturated rings. The Hall–Kier alpha value is -2.69. The summed E-state index contributed by atoms with van der Waals surface area (Å²) >= 11 is 0. The van der Waals surface area contributed by atoms with Crippen molar-refractivity contribution in [3.8, 4) is 0 Å². The van der Waals surface area contributed by atoms with Gasteiger partial charge in [-0.15, -0.1) is 0 Å². The average molecular weight is 348 g/mol. The van der Waals surface area contributed by atoms with E-state index in [0.29, 0.717) is 6.54 Å². The van der Waals surface area contributed by atoms with Crippen LogP contribution < -0.4 is 5.32 Å². The standard InChI is InChI=1S/C22H24N2O2/c25-16-15-24(14-13-18-7-2-1-3-8-18)17-22(26)23-21-12-6-10-19-9-4-5-11-20(19)21/h1-12,25H,13-17H2,(H,23,26). The Balaban J connectivity index is 1.62. The Bertz CT molecular complexity index is 844. The lowest BCUT2D eigenvalue weighted by Crippen LogP contribution is -2.36. The maximum atomic E-state index is 12.5. The Labute approximate surface area is 154 Å². The lowest BCUT2D eigenvalue weighted by molar-refractivity contribution is -0.117. The van der Waals surface area contributed by atoms with Gasteiger partial charge in [-0.05, 0) is 23.4 Å². The predicted octanol–water partition coefficient (Wildman–Crippen LogP) is 3.32. The van der Waals surface area contributed by atoms with Gasteiger partial charge in [-0.1, -0.05) is 66.7 Å². The number of hydrogen-bond acceptors (Lipinski definition) is 3. The number of carbonyl (C=O) groups excluding carboxylic acids is 1. The summed E-state index contributed by atoms with van der Waals surface area (Å²) < 4.78 is 0. The first-order chi connectivity index (χ1) is 12.8. The molecule has 0 aliphatic carbocycles. The number of carbonyl (C=O) groups is 1. The zero-order valence-corrected chi connectivity index (χ0v) is 14.8. The molecule has 3 rings (SSSR count). The van der Waals surface area contributed by atoms with Crippen LogP contribution in [0.15, 0.2) is 72.8 Å². The highest BCUT2D eigenvalue weighted by atomic mass is 16.3. The topological polar surface area (TPSA) is 52.6 Å². The molecule has 0 aliphatic heterocycles. The van der Waals surface area contributed by atoms with Crippen molar-refractivity contribution in [3.05, 3.63) is 78.4 Å². The highest BCUT2D eigenvalue weighted by molar-refractivity contribution is 6.02. The molecule has 134 valence electrons. The molecule has 1 amide bonds. The van der Waals surface area contributed by atoms with Gasteiger partial charge < -0.3 is 10.4 Å². The van der Waals surface area contributed by atoms with E-state index in [2.05, 4.69) is 17.4 Å². The fourth-order valence-electron chi connectivity index (χ4n) is 3.07. The smallest absolute Gasteiger partial charge is 0.238 e. The molecule has 0 radical (unpaired) electrons. The van der Waals surface area contributed by atoms with Crippen molar-refractivity contribution in [3.63, 3.8) is 0 Å². The van der Waals surface area contributed by atoms with Crippen molar-refractivity contribution in [2.75, 3.05) is 31.6 Å². The molecule has 0 unspecified atom stereocenters. The van der Waals surface area contributed by atoms with Gasteiger partial charge >= 0.3 is 0 Å². The molecule has 0 aromatic heterocycles. The lowest BCUT2D eigenvalue weighted by atomic mass is 10.1. The zero-order valence-electron chi connectivity index (χ0n) is 14.8. The van der Waals surface area contributed by atoms with Crippen LogP contribution in [0.25, 0.3) is 10.8 Å². The van der Waals surface area contributed by atoms with Crippen LogP contribution in [0.3, 0.4) is 0 Å². The second kappa shape index (κ2) is 9.13. The minimum Gasteiger partial charge on any atom is -0.395 e. The normalized spacial score (nSPS) is 11.0. The van der Waals surface area contributed by atoms with Crippen molar-refractivity contribution in [1.82, 2.24) is 4.90 Å². The van der Waals surface area contributed by atoms with E-state index in [1.54, 1.807) is 0 Å². The van der Waals surface area contributed by atoms with Crippen LogP contribution in [0, 0.1) is 0 Å². The minimum absolute atomic E-state index is 0.0380. The highest BCUT2D eigenvalue weighted by Gasteiger charge is 2.12. The van der Waals surface area contributed by atoms with E-state index >= 15 is 0 Å². The average Bonchev–Trinajstić information content (AvgIpc) is 2.67. The number of amides is 1. The number of aliphatic hydroxyl groups is 1. The highest BCUT2D eigenvalue weighted by Crippen LogP contribution is 2.22. The number of aliphatic hydroxyl groups excluding tert-OH is 1. The fraction of sp³-hybridized carbons (Fsp3) is 0.227. The quantitative estimate of drug-likeness (QED) is 0.657. The fourth-order valence-corrected chi connectivity index (χ4v) is 3.07. The summed E-state index contributed by atoms with van der Waals surface area (Å²) in [4.78, 5) is 14.5. The minimum atomic E-state index is -0.0668. The van der Waals surface area contributed by atoms with Gasteiger partial charge in [0.25, 0.3) is 0 Å². The predicted molar refractivity (Wildman–Crippen MR) is 106 cm³/mol. The third kappa shape index (κ3) is 4.91.